The Morgan fingerprint density at radius 1 is 1.21 bits per heavy atom. The molecule has 4 nitrogen and oxygen atoms in total. The lowest BCUT2D eigenvalue weighted by Crippen LogP contribution is -2.49. The zero-order valence-corrected chi connectivity index (χ0v) is 13.7. The van der Waals surface area contributed by atoms with Gasteiger partial charge in [-0.05, 0) is 35.4 Å². The van der Waals surface area contributed by atoms with Crippen LogP contribution >= 0.6 is 0 Å². The molecule has 1 saturated heterocycles. The number of halogens is 1. The molecule has 126 valence electrons. The molecule has 3 rings (SSSR count). The van der Waals surface area contributed by atoms with Gasteiger partial charge in [-0.15, -0.1) is 0 Å². The van der Waals surface area contributed by atoms with E-state index in [2.05, 4.69) is 5.32 Å². The van der Waals surface area contributed by atoms with E-state index in [1.165, 1.54) is 12.1 Å². The molecule has 1 heterocycles. The Bertz CT molecular complexity index is 686. The summed E-state index contributed by atoms with van der Waals surface area (Å²) < 4.78 is 18.2. The Balaban J connectivity index is 1.75. The van der Waals surface area contributed by atoms with Crippen molar-refractivity contribution in [3.05, 3.63) is 65.5 Å². The summed E-state index contributed by atoms with van der Waals surface area (Å²) in [5.41, 5.74) is 1.91. The van der Waals surface area contributed by atoms with Gasteiger partial charge in [0.25, 0.3) is 0 Å². The van der Waals surface area contributed by atoms with Gasteiger partial charge in [0.15, 0.2) is 0 Å². The minimum absolute atomic E-state index is 0.00222. The van der Waals surface area contributed by atoms with E-state index >= 15 is 0 Å². The molecule has 2 aromatic rings. The van der Waals surface area contributed by atoms with Gasteiger partial charge in [-0.3, -0.25) is 4.79 Å². The molecule has 0 saturated carbocycles. The number of carbonyl (C=O) groups excluding carboxylic acids is 1. The van der Waals surface area contributed by atoms with Crippen molar-refractivity contribution >= 4 is 5.91 Å². The molecule has 1 aliphatic rings. The van der Waals surface area contributed by atoms with Crippen molar-refractivity contribution in [1.29, 1.82) is 0 Å². The third-order valence-corrected chi connectivity index (χ3v) is 4.33. The zero-order valence-electron chi connectivity index (χ0n) is 13.7. The molecule has 0 unspecified atom stereocenters. The van der Waals surface area contributed by atoms with Gasteiger partial charge < -0.3 is 15.0 Å². The lowest BCUT2D eigenvalue weighted by Gasteiger charge is -2.36. The summed E-state index contributed by atoms with van der Waals surface area (Å²) in [7, 11) is 1.63. The Kier molecular flexibility index (Phi) is 5.11. The summed E-state index contributed by atoms with van der Waals surface area (Å²) in [4.78, 5) is 14.6. The van der Waals surface area contributed by atoms with Crippen LogP contribution in [0.3, 0.4) is 0 Å². The fraction of sp³-hybridized carbons (Fsp3) is 0.316. The highest BCUT2D eigenvalue weighted by Crippen LogP contribution is 2.25. The fourth-order valence-electron chi connectivity index (χ4n) is 3.01. The second-order valence-electron chi connectivity index (χ2n) is 5.88. The molecule has 2 aromatic carbocycles. The number of nitrogens with one attached hydrogen (secondary N) is 1. The van der Waals surface area contributed by atoms with Crippen LogP contribution in [0.15, 0.2) is 48.5 Å². The van der Waals surface area contributed by atoms with Crippen molar-refractivity contribution in [2.75, 3.05) is 26.7 Å². The van der Waals surface area contributed by atoms with Gasteiger partial charge in [-0.1, -0.05) is 24.3 Å². The van der Waals surface area contributed by atoms with Crippen LogP contribution in [0.1, 0.15) is 17.2 Å². The maximum atomic E-state index is 13.0. The first-order chi connectivity index (χ1) is 11.7. The monoisotopic (exact) mass is 328 g/mol. The Labute approximate surface area is 141 Å². The molecular formula is C19H21FN2O2. The standard InChI is InChI=1S/C19H21FN2O2/c1-24-17-8-4-15(5-9-17)18-13-21-10-11-22(18)19(23)12-14-2-6-16(20)7-3-14/h2-9,18,21H,10-13H2,1H3/t18-/m1/s1. The minimum Gasteiger partial charge on any atom is -0.497 e. The molecule has 1 aliphatic heterocycles. The lowest BCUT2D eigenvalue weighted by molar-refractivity contribution is -0.133. The molecule has 0 aliphatic carbocycles. The fourth-order valence-corrected chi connectivity index (χ4v) is 3.01. The zero-order chi connectivity index (χ0) is 16.9. The van der Waals surface area contributed by atoms with Crippen LogP contribution in [0.4, 0.5) is 4.39 Å². The Hall–Kier alpha value is -2.40. The molecule has 0 aromatic heterocycles. The van der Waals surface area contributed by atoms with Gasteiger partial charge in [-0.25, -0.2) is 4.39 Å². The van der Waals surface area contributed by atoms with E-state index in [0.717, 1.165) is 30.0 Å². The van der Waals surface area contributed by atoms with E-state index < -0.39 is 0 Å². The number of carbonyl (C=O) groups is 1. The molecule has 1 amide bonds. The number of nitrogens with zero attached hydrogens (tertiary/aromatic N) is 1. The predicted molar refractivity (Wildman–Crippen MR) is 90.4 cm³/mol. The van der Waals surface area contributed by atoms with E-state index in [1.54, 1.807) is 19.2 Å². The Morgan fingerprint density at radius 3 is 2.58 bits per heavy atom. The third kappa shape index (κ3) is 3.74. The van der Waals surface area contributed by atoms with E-state index in [1.807, 2.05) is 29.2 Å². The number of benzene rings is 2. The van der Waals surface area contributed by atoms with Crippen molar-refractivity contribution < 1.29 is 13.9 Å². The first kappa shape index (κ1) is 16.5. The first-order valence-corrected chi connectivity index (χ1v) is 8.06. The summed E-state index contributed by atoms with van der Waals surface area (Å²) in [5.74, 6) is 0.570. The van der Waals surface area contributed by atoms with Crippen LogP contribution < -0.4 is 10.1 Å². The second-order valence-corrected chi connectivity index (χ2v) is 5.88. The number of hydrogen-bond acceptors (Lipinski definition) is 3. The number of piperazine rings is 1. The molecule has 0 radical (unpaired) electrons. The first-order valence-electron chi connectivity index (χ1n) is 8.06. The summed E-state index contributed by atoms with van der Waals surface area (Å²) >= 11 is 0. The maximum absolute atomic E-state index is 13.0. The van der Waals surface area contributed by atoms with Gasteiger partial charge in [0.1, 0.15) is 11.6 Å². The van der Waals surface area contributed by atoms with Crippen molar-refractivity contribution in [2.24, 2.45) is 0 Å². The van der Waals surface area contributed by atoms with E-state index in [0.29, 0.717) is 6.54 Å². The van der Waals surface area contributed by atoms with Crippen molar-refractivity contribution in [2.45, 2.75) is 12.5 Å². The van der Waals surface area contributed by atoms with Crippen molar-refractivity contribution in [1.82, 2.24) is 10.2 Å². The van der Waals surface area contributed by atoms with Crippen molar-refractivity contribution in [3.63, 3.8) is 0 Å². The van der Waals surface area contributed by atoms with Crippen molar-refractivity contribution in [3.8, 4) is 5.75 Å². The third-order valence-electron chi connectivity index (χ3n) is 4.33. The van der Waals surface area contributed by atoms with E-state index in [-0.39, 0.29) is 24.2 Å². The normalized spacial score (nSPS) is 17.6. The summed E-state index contributed by atoms with van der Waals surface area (Å²) in [6.45, 7) is 2.17. The molecule has 0 spiro atoms. The molecule has 1 fully saturated rings. The molecule has 1 N–H and O–H groups in total. The highest BCUT2D eigenvalue weighted by atomic mass is 19.1. The van der Waals surface area contributed by atoms with E-state index in [9.17, 15) is 9.18 Å². The van der Waals surface area contributed by atoms with Crippen LogP contribution in [-0.4, -0.2) is 37.6 Å². The lowest BCUT2D eigenvalue weighted by atomic mass is 10.0. The predicted octanol–water partition coefficient (Wildman–Crippen LogP) is 2.55. The maximum Gasteiger partial charge on any atom is 0.227 e. The second kappa shape index (κ2) is 7.45. The van der Waals surface area contributed by atoms with Crippen LogP contribution in [0.2, 0.25) is 0 Å². The van der Waals surface area contributed by atoms with Gasteiger partial charge in [0.05, 0.1) is 19.6 Å². The van der Waals surface area contributed by atoms with E-state index in [4.69, 9.17) is 4.74 Å². The van der Waals surface area contributed by atoms with Gasteiger partial charge in [0, 0.05) is 19.6 Å². The number of hydrogen-bond donors (Lipinski definition) is 1. The molecule has 1 atom stereocenters. The average Bonchev–Trinajstić information content (AvgIpc) is 2.63. The minimum atomic E-state index is -0.288. The topological polar surface area (TPSA) is 41.6 Å². The molecule has 24 heavy (non-hydrogen) atoms. The molecule has 0 bridgehead atoms. The van der Waals surface area contributed by atoms with Crippen LogP contribution in [0.25, 0.3) is 0 Å². The van der Waals surface area contributed by atoms with Crippen LogP contribution in [-0.2, 0) is 11.2 Å². The van der Waals surface area contributed by atoms with Crippen LogP contribution in [0.5, 0.6) is 5.75 Å². The largest absolute Gasteiger partial charge is 0.497 e. The quantitative estimate of drug-likeness (QED) is 0.938. The number of rotatable bonds is 4. The van der Waals surface area contributed by atoms with Gasteiger partial charge in [-0.2, -0.15) is 0 Å². The smallest absolute Gasteiger partial charge is 0.227 e. The van der Waals surface area contributed by atoms with Crippen LogP contribution in [0, 0.1) is 5.82 Å². The Morgan fingerprint density at radius 2 is 1.92 bits per heavy atom. The van der Waals surface area contributed by atoms with Gasteiger partial charge >= 0.3 is 0 Å². The summed E-state index contributed by atoms with van der Waals surface area (Å²) in [6, 6.07) is 13.9. The highest BCUT2D eigenvalue weighted by Gasteiger charge is 2.27. The highest BCUT2D eigenvalue weighted by molar-refractivity contribution is 5.79. The summed E-state index contributed by atoms with van der Waals surface area (Å²) in [6.07, 6.45) is 0.285. The number of ether oxygens (including phenoxy) is 1. The van der Waals surface area contributed by atoms with Gasteiger partial charge in [0.2, 0.25) is 5.91 Å². The molecule has 5 heteroatoms. The number of methoxy groups -OCH3 is 1. The SMILES string of the molecule is COc1ccc([C@H]2CNCCN2C(=O)Cc2ccc(F)cc2)cc1. The number of amides is 1. The molecular weight excluding hydrogens is 307 g/mol. The summed E-state index contributed by atoms with van der Waals surface area (Å²) in [5, 5.41) is 3.34. The average molecular weight is 328 g/mol.